The van der Waals surface area contributed by atoms with Crippen LogP contribution < -0.4 is 4.74 Å². The minimum atomic E-state index is -0.647. The number of ether oxygens (including phenoxy) is 1. The second kappa shape index (κ2) is 5.31. The second-order valence-electron chi connectivity index (χ2n) is 8.58. The van der Waals surface area contributed by atoms with Gasteiger partial charge in [-0.25, -0.2) is 0 Å². The standard InChI is InChI=1S/C19H30O2/c1-14-7-8-16(21-6)15(9-14)10-19(20)12-17(2,3)11-18(4,5)13-19/h7-9,20H,10-13H2,1-6H3. The number of hydrogen-bond acceptors (Lipinski definition) is 2. The lowest BCUT2D eigenvalue weighted by molar-refractivity contribution is -0.0853. The van der Waals surface area contributed by atoms with Crippen molar-refractivity contribution in [1.82, 2.24) is 0 Å². The fourth-order valence-electron chi connectivity index (χ4n) is 4.79. The summed E-state index contributed by atoms with van der Waals surface area (Å²) >= 11 is 0. The second-order valence-corrected chi connectivity index (χ2v) is 8.58. The van der Waals surface area contributed by atoms with Crippen LogP contribution in [0.25, 0.3) is 0 Å². The molecule has 2 rings (SSSR count). The van der Waals surface area contributed by atoms with Crippen LogP contribution >= 0.6 is 0 Å². The fourth-order valence-corrected chi connectivity index (χ4v) is 4.79. The predicted octanol–water partition coefficient (Wildman–Crippen LogP) is 4.51. The van der Waals surface area contributed by atoms with Gasteiger partial charge in [0.1, 0.15) is 5.75 Å². The van der Waals surface area contributed by atoms with E-state index in [1.165, 1.54) is 5.56 Å². The molecule has 0 atom stereocenters. The van der Waals surface area contributed by atoms with Gasteiger partial charge >= 0.3 is 0 Å². The Bertz CT molecular complexity index is 498. The van der Waals surface area contributed by atoms with E-state index in [0.29, 0.717) is 6.42 Å². The molecule has 2 nitrogen and oxygen atoms in total. The first-order chi connectivity index (χ1) is 9.54. The van der Waals surface area contributed by atoms with Gasteiger partial charge in [0, 0.05) is 6.42 Å². The Morgan fingerprint density at radius 3 is 2.14 bits per heavy atom. The Morgan fingerprint density at radius 2 is 1.62 bits per heavy atom. The Hall–Kier alpha value is -1.02. The Morgan fingerprint density at radius 1 is 1.05 bits per heavy atom. The first-order valence-electron chi connectivity index (χ1n) is 7.90. The van der Waals surface area contributed by atoms with Crippen LogP contribution in [-0.4, -0.2) is 17.8 Å². The van der Waals surface area contributed by atoms with E-state index in [-0.39, 0.29) is 10.8 Å². The molecule has 0 aromatic heterocycles. The maximum atomic E-state index is 11.3. The van der Waals surface area contributed by atoms with Crippen LogP contribution in [0.5, 0.6) is 5.75 Å². The van der Waals surface area contributed by atoms with Gasteiger partial charge in [0.2, 0.25) is 0 Å². The molecule has 0 heterocycles. The average Bonchev–Trinajstić information content (AvgIpc) is 2.23. The molecule has 2 heteroatoms. The van der Waals surface area contributed by atoms with E-state index in [4.69, 9.17) is 4.74 Å². The Balaban J connectivity index is 2.31. The Kier molecular flexibility index (Phi) is 4.14. The highest BCUT2D eigenvalue weighted by Crippen LogP contribution is 2.51. The lowest BCUT2D eigenvalue weighted by atomic mass is 9.58. The van der Waals surface area contributed by atoms with Crippen molar-refractivity contribution in [1.29, 1.82) is 0 Å². The van der Waals surface area contributed by atoms with Crippen LogP contribution in [-0.2, 0) is 6.42 Å². The average molecular weight is 290 g/mol. The molecule has 0 amide bonds. The predicted molar refractivity (Wildman–Crippen MR) is 87.8 cm³/mol. The van der Waals surface area contributed by atoms with Crippen LogP contribution in [0.3, 0.4) is 0 Å². The third-order valence-corrected chi connectivity index (χ3v) is 4.53. The van der Waals surface area contributed by atoms with Crippen molar-refractivity contribution < 1.29 is 9.84 Å². The van der Waals surface area contributed by atoms with Crippen LogP contribution in [0.4, 0.5) is 0 Å². The lowest BCUT2D eigenvalue weighted by Gasteiger charge is -2.49. The molecule has 1 saturated carbocycles. The molecule has 0 radical (unpaired) electrons. The van der Waals surface area contributed by atoms with Gasteiger partial charge in [0.25, 0.3) is 0 Å². The summed E-state index contributed by atoms with van der Waals surface area (Å²) in [7, 11) is 1.70. The van der Waals surface area contributed by atoms with E-state index >= 15 is 0 Å². The summed E-state index contributed by atoms with van der Waals surface area (Å²) in [5.74, 6) is 0.884. The quantitative estimate of drug-likeness (QED) is 0.887. The molecule has 1 fully saturated rings. The van der Waals surface area contributed by atoms with Gasteiger partial charge in [0.15, 0.2) is 0 Å². The molecule has 0 saturated heterocycles. The molecule has 118 valence electrons. The van der Waals surface area contributed by atoms with Crippen molar-refractivity contribution in [2.75, 3.05) is 7.11 Å². The van der Waals surface area contributed by atoms with Crippen molar-refractivity contribution in [3.05, 3.63) is 29.3 Å². The molecule has 0 spiro atoms. The molecule has 0 unspecified atom stereocenters. The molecule has 1 aromatic rings. The van der Waals surface area contributed by atoms with E-state index in [9.17, 15) is 5.11 Å². The third-order valence-electron chi connectivity index (χ3n) is 4.53. The van der Waals surface area contributed by atoms with Gasteiger partial charge in [-0.15, -0.1) is 0 Å². The number of methoxy groups -OCH3 is 1. The van der Waals surface area contributed by atoms with Crippen LogP contribution in [0.1, 0.15) is 58.1 Å². The smallest absolute Gasteiger partial charge is 0.122 e. The first kappa shape index (κ1) is 16.4. The number of hydrogen-bond donors (Lipinski definition) is 1. The fraction of sp³-hybridized carbons (Fsp3) is 0.684. The van der Waals surface area contributed by atoms with Gasteiger partial charge in [-0.05, 0) is 48.6 Å². The molecule has 1 aromatic carbocycles. The summed E-state index contributed by atoms with van der Waals surface area (Å²) in [4.78, 5) is 0. The Labute approximate surface area is 129 Å². The zero-order valence-electron chi connectivity index (χ0n) is 14.4. The highest BCUT2D eigenvalue weighted by atomic mass is 16.5. The van der Waals surface area contributed by atoms with Crippen LogP contribution in [0, 0.1) is 17.8 Å². The number of aliphatic hydroxyl groups is 1. The third kappa shape index (κ3) is 4.00. The van der Waals surface area contributed by atoms with Crippen LogP contribution in [0.2, 0.25) is 0 Å². The molecule has 21 heavy (non-hydrogen) atoms. The number of benzene rings is 1. The zero-order chi connectivity index (χ0) is 15.9. The highest BCUT2D eigenvalue weighted by Gasteiger charge is 2.46. The number of rotatable bonds is 3. The maximum Gasteiger partial charge on any atom is 0.122 e. The van der Waals surface area contributed by atoms with E-state index in [1.54, 1.807) is 7.11 Å². The summed E-state index contributed by atoms with van der Waals surface area (Å²) < 4.78 is 5.48. The van der Waals surface area contributed by atoms with Gasteiger partial charge in [-0.1, -0.05) is 45.4 Å². The van der Waals surface area contributed by atoms with E-state index in [1.807, 2.05) is 6.07 Å². The zero-order valence-corrected chi connectivity index (χ0v) is 14.4. The van der Waals surface area contributed by atoms with Crippen molar-refractivity contribution in [3.63, 3.8) is 0 Å². The van der Waals surface area contributed by atoms with Crippen LogP contribution in [0.15, 0.2) is 18.2 Å². The monoisotopic (exact) mass is 290 g/mol. The normalized spacial score (nSPS) is 22.8. The molecular formula is C19H30O2. The summed E-state index contributed by atoms with van der Waals surface area (Å²) in [6.45, 7) is 11.2. The molecule has 0 aliphatic heterocycles. The van der Waals surface area contributed by atoms with E-state index in [2.05, 4.69) is 46.8 Å². The molecule has 1 aliphatic rings. The van der Waals surface area contributed by atoms with E-state index < -0.39 is 5.60 Å². The molecule has 1 aliphatic carbocycles. The highest BCUT2D eigenvalue weighted by molar-refractivity contribution is 5.38. The molecule has 0 bridgehead atoms. The van der Waals surface area contributed by atoms with Gasteiger partial charge in [-0.3, -0.25) is 0 Å². The first-order valence-corrected chi connectivity index (χ1v) is 7.90. The van der Waals surface area contributed by atoms with Gasteiger partial charge in [-0.2, -0.15) is 0 Å². The summed E-state index contributed by atoms with van der Waals surface area (Å²) in [5.41, 5.74) is 2.03. The minimum Gasteiger partial charge on any atom is -0.496 e. The summed E-state index contributed by atoms with van der Waals surface area (Å²) in [6.07, 6.45) is 3.53. The van der Waals surface area contributed by atoms with Crippen molar-refractivity contribution in [3.8, 4) is 5.75 Å². The topological polar surface area (TPSA) is 29.5 Å². The van der Waals surface area contributed by atoms with Gasteiger partial charge in [0.05, 0.1) is 12.7 Å². The maximum absolute atomic E-state index is 11.3. The molecular weight excluding hydrogens is 260 g/mol. The summed E-state index contributed by atoms with van der Waals surface area (Å²) in [6, 6.07) is 6.21. The van der Waals surface area contributed by atoms with Crippen molar-refractivity contribution in [2.45, 2.75) is 65.9 Å². The van der Waals surface area contributed by atoms with E-state index in [0.717, 1.165) is 30.6 Å². The number of aryl methyl sites for hydroxylation is 1. The minimum absolute atomic E-state index is 0.174. The van der Waals surface area contributed by atoms with Gasteiger partial charge < -0.3 is 9.84 Å². The molecule has 1 N–H and O–H groups in total. The van der Waals surface area contributed by atoms with Crippen molar-refractivity contribution in [2.24, 2.45) is 10.8 Å². The SMILES string of the molecule is COc1ccc(C)cc1CC1(O)CC(C)(C)CC(C)(C)C1. The lowest BCUT2D eigenvalue weighted by Crippen LogP contribution is -2.47. The largest absolute Gasteiger partial charge is 0.496 e. The summed E-state index contributed by atoms with van der Waals surface area (Å²) in [5, 5.41) is 11.3. The van der Waals surface area contributed by atoms with Crippen molar-refractivity contribution >= 4 is 0 Å².